The summed E-state index contributed by atoms with van der Waals surface area (Å²) in [6.07, 6.45) is 12.8. The van der Waals surface area contributed by atoms with E-state index in [-0.39, 0.29) is 15.8 Å². The predicted molar refractivity (Wildman–Crippen MR) is 227 cm³/mol. The maximum atomic E-state index is 2.69. The van der Waals surface area contributed by atoms with Crippen LogP contribution in [-0.4, -0.2) is 22.6 Å². The minimum Gasteiger partial charge on any atom is -0.0622 e. The molecule has 0 fully saturated rings. The molecule has 6 atom stereocenters. The van der Waals surface area contributed by atoms with Crippen molar-refractivity contribution in [3.05, 3.63) is 153 Å². The largest absolute Gasteiger partial charge is 0.0622 e. The first-order valence-corrected chi connectivity index (χ1v) is 26.9. The van der Waals surface area contributed by atoms with Gasteiger partial charge >= 0.3 is 243 Å². The molecule has 2 aliphatic rings. The zero-order valence-electron chi connectivity index (χ0n) is 32.6. The first-order chi connectivity index (χ1) is 24.8. The maximum absolute atomic E-state index is 2.69. The van der Waals surface area contributed by atoms with Gasteiger partial charge in [-0.3, -0.25) is 0 Å². The molecule has 0 saturated heterocycles. The van der Waals surface area contributed by atoms with Crippen LogP contribution in [0.2, 0.25) is 0 Å². The van der Waals surface area contributed by atoms with Gasteiger partial charge in [-0.1, -0.05) is 60.7 Å². The molecular weight excluding hydrogens is 817 g/mol. The number of benzene rings is 4. The number of aryl methyl sites for hydroxylation is 2. The van der Waals surface area contributed by atoms with Crippen LogP contribution in [0, 0.1) is 0 Å². The molecule has 0 heterocycles. The number of fused-ring (bicyclic) bond motifs is 2. The second kappa shape index (κ2) is 20.0. The summed E-state index contributed by atoms with van der Waals surface area (Å²) in [5.41, 5.74) is 12.5. The fourth-order valence-corrected chi connectivity index (χ4v) is 25.3. The first kappa shape index (κ1) is 40.3. The second-order valence-corrected chi connectivity index (χ2v) is 26.3. The van der Waals surface area contributed by atoms with Crippen molar-refractivity contribution in [1.29, 1.82) is 0 Å². The average molecular weight is 879 g/mol. The summed E-state index contributed by atoms with van der Waals surface area (Å²) in [5.74, 6) is 0. The van der Waals surface area contributed by atoms with Crippen molar-refractivity contribution in [3.63, 3.8) is 0 Å². The number of allylic oxidation sites excluding steroid dienone is 2. The average Bonchev–Trinajstić information content (AvgIpc) is 3.72. The molecule has 6 rings (SSSR count). The maximum Gasteiger partial charge on any atom is -0.0238 e. The Hall–Kier alpha value is -1.91. The number of hydrogen-bond donors (Lipinski definition) is 0. The van der Waals surface area contributed by atoms with E-state index < -0.39 is 22.9 Å². The van der Waals surface area contributed by atoms with Crippen molar-refractivity contribution in [2.24, 2.45) is 0 Å². The SMILES string of the molecule is CCC(C)P(C1=Cc2ccccc2[CH]1[Hf][CH]1C(P(C(C)CC)C(C)CC)=Cc2ccccc21)C(C)CC.c1ccc(CCc2ccccc2)cc1. The molecule has 0 amide bonds. The van der Waals surface area contributed by atoms with Gasteiger partial charge < -0.3 is 0 Å². The Kier molecular flexibility index (Phi) is 15.8. The van der Waals surface area contributed by atoms with Gasteiger partial charge in [-0.25, -0.2) is 0 Å². The third-order valence-electron chi connectivity index (χ3n) is 11.4. The molecule has 0 aromatic heterocycles. The molecule has 0 spiro atoms. The van der Waals surface area contributed by atoms with Gasteiger partial charge in [0.05, 0.1) is 0 Å². The molecule has 0 nitrogen and oxygen atoms in total. The Morgan fingerprint density at radius 2 is 0.765 bits per heavy atom. The van der Waals surface area contributed by atoms with Crippen LogP contribution in [0.4, 0.5) is 0 Å². The van der Waals surface area contributed by atoms with Crippen LogP contribution in [0.25, 0.3) is 12.2 Å². The summed E-state index contributed by atoms with van der Waals surface area (Å²) in [5, 5.41) is 3.76. The summed E-state index contributed by atoms with van der Waals surface area (Å²) in [4.78, 5) is 0. The van der Waals surface area contributed by atoms with Crippen LogP contribution in [0.5, 0.6) is 0 Å². The molecule has 2 aliphatic carbocycles. The number of hydrogen-bond acceptors (Lipinski definition) is 0. The molecular formula is C48H62HfP2. The van der Waals surface area contributed by atoms with Gasteiger partial charge in [0, 0.05) is 0 Å². The fraction of sp³-hybridized carbons (Fsp3) is 0.417. The fourth-order valence-electron chi connectivity index (χ4n) is 7.83. The van der Waals surface area contributed by atoms with E-state index in [1.807, 2.05) is 10.6 Å². The Labute approximate surface area is 325 Å². The monoisotopic (exact) mass is 880 g/mol. The van der Waals surface area contributed by atoms with E-state index >= 15 is 0 Å². The van der Waals surface area contributed by atoms with Crippen molar-refractivity contribution in [1.82, 2.24) is 0 Å². The van der Waals surface area contributed by atoms with Crippen LogP contribution in [0.15, 0.2) is 120 Å². The van der Waals surface area contributed by atoms with E-state index in [1.165, 1.54) is 47.9 Å². The Balaban J connectivity index is 0.000000299. The van der Waals surface area contributed by atoms with Gasteiger partial charge in [0.25, 0.3) is 0 Å². The van der Waals surface area contributed by atoms with Crippen molar-refractivity contribution in [2.75, 3.05) is 0 Å². The van der Waals surface area contributed by atoms with Gasteiger partial charge in [-0.2, -0.15) is 0 Å². The van der Waals surface area contributed by atoms with Crippen molar-refractivity contribution >= 4 is 28.0 Å². The molecule has 4 aromatic carbocycles. The van der Waals surface area contributed by atoms with Gasteiger partial charge in [0.15, 0.2) is 0 Å². The summed E-state index contributed by atoms with van der Waals surface area (Å²) in [6, 6.07) is 40.2. The Bertz CT molecular complexity index is 1560. The molecule has 51 heavy (non-hydrogen) atoms. The van der Waals surface area contributed by atoms with Crippen molar-refractivity contribution in [3.8, 4) is 0 Å². The van der Waals surface area contributed by atoms with E-state index in [4.69, 9.17) is 0 Å². The van der Waals surface area contributed by atoms with Gasteiger partial charge in [0.2, 0.25) is 0 Å². The van der Waals surface area contributed by atoms with E-state index in [1.54, 1.807) is 11.1 Å². The number of rotatable bonds is 15. The van der Waals surface area contributed by atoms with E-state index in [0.29, 0.717) is 0 Å². The molecule has 3 heteroatoms. The smallest absolute Gasteiger partial charge is 0.0238 e. The van der Waals surface area contributed by atoms with E-state index in [2.05, 4.69) is 177 Å². The zero-order chi connectivity index (χ0) is 36.3. The normalized spacial score (nSPS) is 19.6. The predicted octanol–water partition coefficient (Wildman–Crippen LogP) is 14.9. The molecule has 0 N–H and O–H groups in total. The minimum absolute atomic E-state index is 0.123. The van der Waals surface area contributed by atoms with Crippen LogP contribution in [-0.2, 0) is 35.7 Å². The molecule has 268 valence electrons. The first-order valence-electron chi connectivity index (χ1n) is 19.8. The summed E-state index contributed by atoms with van der Waals surface area (Å²) in [6.45, 7) is 19.9. The third kappa shape index (κ3) is 10.00. The van der Waals surface area contributed by atoms with Crippen LogP contribution in [0.1, 0.15) is 122 Å². The second-order valence-electron chi connectivity index (χ2n) is 14.7. The van der Waals surface area contributed by atoms with E-state index in [0.717, 1.165) is 42.8 Å². The summed E-state index contributed by atoms with van der Waals surface area (Å²) < 4.78 is 1.49. The molecule has 4 aromatic rings. The van der Waals surface area contributed by atoms with Crippen LogP contribution < -0.4 is 0 Å². The van der Waals surface area contributed by atoms with Crippen LogP contribution in [0.3, 0.4) is 0 Å². The Morgan fingerprint density at radius 1 is 0.451 bits per heavy atom. The molecule has 0 saturated carbocycles. The summed E-state index contributed by atoms with van der Waals surface area (Å²) >= 11 is -1.19. The standard InChI is InChI=1S/2C17H24P.C14H14.Hf/c2*1-5-13(3)18(14(4)6-2)17-11-15-9-7-8-10-16(15)12-17;1-3-7-13(8-4-1)11-12-14-9-5-2-6-10-14;/h2*7-14H,5-6H2,1-4H3;1-10H,11-12H2;. The molecule has 6 unspecified atom stereocenters. The molecule has 0 radical (unpaired) electrons. The quantitative estimate of drug-likeness (QED) is 0.0824. The van der Waals surface area contributed by atoms with Gasteiger partial charge in [-0.15, -0.1) is 0 Å². The minimum atomic E-state index is -1.19. The van der Waals surface area contributed by atoms with Gasteiger partial charge in [-0.05, 0) is 24.0 Å². The van der Waals surface area contributed by atoms with E-state index in [9.17, 15) is 0 Å². The Morgan fingerprint density at radius 3 is 1.10 bits per heavy atom. The van der Waals surface area contributed by atoms with Crippen molar-refractivity contribution < 1.29 is 22.9 Å². The van der Waals surface area contributed by atoms with Crippen molar-refractivity contribution in [2.45, 2.75) is 124 Å². The molecule has 0 bridgehead atoms. The summed E-state index contributed by atoms with van der Waals surface area (Å²) in [7, 11) is -0.245. The third-order valence-corrected chi connectivity index (χ3v) is 27.2. The van der Waals surface area contributed by atoms with Gasteiger partial charge in [0.1, 0.15) is 0 Å². The zero-order valence-corrected chi connectivity index (χ0v) is 38.0. The topological polar surface area (TPSA) is 0 Å². The molecule has 0 aliphatic heterocycles. The van der Waals surface area contributed by atoms with Crippen LogP contribution >= 0.6 is 15.8 Å².